The molecule has 112 valence electrons. The summed E-state index contributed by atoms with van der Waals surface area (Å²) in [5, 5.41) is -0.730. The lowest BCUT2D eigenvalue weighted by Crippen LogP contribution is -2.44. The van der Waals surface area contributed by atoms with Gasteiger partial charge < -0.3 is 4.90 Å². The summed E-state index contributed by atoms with van der Waals surface area (Å²) in [6.45, 7) is 3.15. The third-order valence-electron chi connectivity index (χ3n) is 3.44. The highest BCUT2D eigenvalue weighted by Crippen LogP contribution is 2.19. The number of amides is 1. The quantitative estimate of drug-likeness (QED) is 0.823. The molecule has 0 saturated heterocycles. The maximum absolute atomic E-state index is 13.7. The minimum absolute atomic E-state index is 0.0885. The number of halogens is 2. The Morgan fingerprint density at radius 3 is 2.40 bits per heavy atom. The lowest BCUT2D eigenvalue weighted by Gasteiger charge is -2.29. The molecular formula is C13H17BrFNO3S. The first-order valence-corrected chi connectivity index (χ1v) is 8.71. The van der Waals surface area contributed by atoms with Crippen molar-refractivity contribution in [3.8, 4) is 0 Å². The van der Waals surface area contributed by atoms with E-state index in [1.165, 1.54) is 37.1 Å². The van der Waals surface area contributed by atoms with Crippen molar-refractivity contribution < 1.29 is 17.6 Å². The molecule has 1 amide bonds. The molecule has 0 aromatic heterocycles. The SMILES string of the molecule is C[C@H]([C@@H](C)S(C)(=O)=O)N(C)C(=O)c1cc(Br)ccc1F. The predicted molar refractivity (Wildman–Crippen MR) is 80.0 cm³/mol. The molecule has 1 aromatic carbocycles. The Kier molecular flexibility index (Phi) is 5.32. The van der Waals surface area contributed by atoms with Crippen LogP contribution in [0.1, 0.15) is 24.2 Å². The minimum Gasteiger partial charge on any atom is -0.338 e. The summed E-state index contributed by atoms with van der Waals surface area (Å²) in [6.07, 6.45) is 1.12. The van der Waals surface area contributed by atoms with Crippen molar-refractivity contribution in [1.29, 1.82) is 0 Å². The van der Waals surface area contributed by atoms with Crippen molar-refractivity contribution in [1.82, 2.24) is 4.90 Å². The fourth-order valence-corrected chi connectivity index (χ4v) is 2.97. The number of carbonyl (C=O) groups excluding carboxylic acids is 1. The Labute approximate surface area is 127 Å². The van der Waals surface area contributed by atoms with Gasteiger partial charge in [-0.3, -0.25) is 4.79 Å². The molecule has 0 saturated carbocycles. The van der Waals surface area contributed by atoms with Gasteiger partial charge in [0.25, 0.3) is 5.91 Å². The minimum atomic E-state index is -3.28. The van der Waals surface area contributed by atoms with Crippen LogP contribution >= 0.6 is 15.9 Å². The van der Waals surface area contributed by atoms with Crippen molar-refractivity contribution in [2.45, 2.75) is 25.1 Å². The van der Waals surface area contributed by atoms with Gasteiger partial charge in [-0.2, -0.15) is 0 Å². The molecule has 0 radical (unpaired) electrons. The van der Waals surface area contributed by atoms with Gasteiger partial charge in [0.15, 0.2) is 9.84 Å². The van der Waals surface area contributed by atoms with E-state index in [1.807, 2.05) is 0 Å². The first-order chi connectivity index (χ1) is 9.05. The van der Waals surface area contributed by atoms with Gasteiger partial charge in [-0.05, 0) is 32.0 Å². The average molecular weight is 366 g/mol. The molecule has 0 aliphatic rings. The van der Waals surface area contributed by atoms with E-state index in [1.54, 1.807) is 6.92 Å². The average Bonchev–Trinajstić information content (AvgIpc) is 2.37. The van der Waals surface area contributed by atoms with Crippen molar-refractivity contribution >= 4 is 31.7 Å². The molecular weight excluding hydrogens is 349 g/mol. The van der Waals surface area contributed by atoms with Crippen molar-refractivity contribution in [3.05, 3.63) is 34.1 Å². The molecule has 0 bridgehead atoms. The Morgan fingerprint density at radius 2 is 1.90 bits per heavy atom. The van der Waals surface area contributed by atoms with E-state index < -0.39 is 32.9 Å². The van der Waals surface area contributed by atoms with Crippen LogP contribution in [0.5, 0.6) is 0 Å². The predicted octanol–water partition coefficient (Wildman–Crippen LogP) is 2.48. The van der Waals surface area contributed by atoms with Gasteiger partial charge in [0, 0.05) is 23.8 Å². The number of nitrogens with zero attached hydrogens (tertiary/aromatic N) is 1. The van der Waals surface area contributed by atoms with E-state index in [9.17, 15) is 17.6 Å². The number of carbonyl (C=O) groups is 1. The van der Waals surface area contributed by atoms with Crippen molar-refractivity contribution in [2.24, 2.45) is 0 Å². The highest BCUT2D eigenvalue weighted by Gasteiger charge is 2.29. The third-order valence-corrected chi connectivity index (χ3v) is 5.68. The number of hydrogen-bond acceptors (Lipinski definition) is 3. The van der Waals surface area contributed by atoms with Crippen LogP contribution in [0.2, 0.25) is 0 Å². The summed E-state index contributed by atoms with van der Waals surface area (Å²) in [7, 11) is -1.81. The zero-order chi connectivity index (χ0) is 15.7. The molecule has 0 N–H and O–H groups in total. The molecule has 1 rings (SSSR count). The van der Waals surface area contributed by atoms with E-state index >= 15 is 0 Å². The standard InChI is InChI=1S/C13H17BrFNO3S/c1-8(9(2)20(4,18)19)16(3)13(17)11-7-10(14)5-6-12(11)15/h5-9H,1-4H3/t8-,9-/m1/s1. The fraction of sp³-hybridized carbons (Fsp3) is 0.462. The van der Waals surface area contributed by atoms with Crippen molar-refractivity contribution in [2.75, 3.05) is 13.3 Å². The fourth-order valence-electron chi connectivity index (χ4n) is 1.71. The zero-order valence-electron chi connectivity index (χ0n) is 11.7. The van der Waals surface area contributed by atoms with E-state index in [0.29, 0.717) is 4.47 Å². The normalized spacial score (nSPS) is 14.7. The zero-order valence-corrected chi connectivity index (χ0v) is 14.1. The Morgan fingerprint density at radius 1 is 1.35 bits per heavy atom. The van der Waals surface area contributed by atoms with Crippen LogP contribution in [-0.4, -0.2) is 43.8 Å². The third kappa shape index (κ3) is 3.79. The number of benzene rings is 1. The van der Waals surface area contributed by atoms with Crippen LogP contribution in [0.25, 0.3) is 0 Å². The van der Waals surface area contributed by atoms with E-state index in [-0.39, 0.29) is 5.56 Å². The number of sulfone groups is 1. The smallest absolute Gasteiger partial charge is 0.256 e. The summed E-state index contributed by atoms with van der Waals surface area (Å²) in [6, 6.07) is 3.51. The maximum atomic E-state index is 13.7. The topological polar surface area (TPSA) is 54.5 Å². The highest BCUT2D eigenvalue weighted by molar-refractivity contribution is 9.10. The Hall–Kier alpha value is -0.950. The van der Waals surface area contributed by atoms with Gasteiger partial charge in [0.2, 0.25) is 0 Å². The van der Waals surface area contributed by atoms with Crippen LogP contribution in [0.3, 0.4) is 0 Å². The van der Waals surface area contributed by atoms with Crippen LogP contribution in [0, 0.1) is 5.82 Å². The molecule has 7 heteroatoms. The first kappa shape index (κ1) is 17.1. The second-order valence-corrected chi connectivity index (χ2v) is 8.13. The lowest BCUT2D eigenvalue weighted by atomic mass is 10.1. The van der Waals surface area contributed by atoms with E-state index in [2.05, 4.69) is 15.9 Å². The summed E-state index contributed by atoms with van der Waals surface area (Å²) >= 11 is 3.18. The summed E-state index contributed by atoms with van der Waals surface area (Å²) in [4.78, 5) is 13.5. The number of rotatable bonds is 4. The number of hydrogen-bond donors (Lipinski definition) is 0. The van der Waals surface area contributed by atoms with Gasteiger partial charge >= 0.3 is 0 Å². The Balaban J connectivity index is 3.06. The van der Waals surface area contributed by atoms with Gasteiger partial charge in [-0.25, -0.2) is 12.8 Å². The molecule has 0 fully saturated rings. The van der Waals surface area contributed by atoms with Crippen LogP contribution in [-0.2, 0) is 9.84 Å². The maximum Gasteiger partial charge on any atom is 0.256 e. The van der Waals surface area contributed by atoms with Gasteiger partial charge in [-0.15, -0.1) is 0 Å². The summed E-state index contributed by atoms with van der Waals surface area (Å²) < 4.78 is 37.4. The van der Waals surface area contributed by atoms with Gasteiger partial charge in [-0.1, -0.05) is 15.9 Å². The molecule has 1 aromatic rings. The second-order valence-electron chi connectivity index (χ2n) is 4.82. The Bertz CT molecular complexity index is 618. The van der Waals surface area contributed by atoms with Gasteiger partial charge in [0.05, 0.1) is 10.8 Å². The molecule has 0 spiro atoms. The van der Waals surface area contributed by atoms with E-state index in [4.69, 9.17) is 0 Å². The largest absolute Gasteiger partial charge is 0.338 e. The van der Waals surface area contributed by atoms with Crippen LogP contribution in [0.15, 0.2) is 22.7 Å². The summed E-state index contributed by atoms with van der Waals surface area (Å²) in [5.41, 5.74) is -0.0885. The van der Waals surface area contributed by atoms with Crippen LogP contribution < -0.4 is 0 Å². The lowest BCUT2D eigenvalue weighted by molar-refractivity contribution is 0.0738. The molecule has 0 aliphatic heterocycles. The second kappa shape index (κ2) is 6.22. The molecule has 20 heavy (non-hydrogen) atoms. The monoisotopic (exact) mass is 365 g/mol. The summed E-state index contributed by atoms with van der Waals surface area (Å²) in [5.74, 6) is -1.18. The molecule has 0 heterocycles. The first-order valence-electron chi connectivity index (χ1n) is 5.96. The van der Waals surface area contributed by atoms with Gasteiger partial charge in [0.1, 0.15) is 5.82 Å². The van der Waals surface area contributed by atoms with Crippen molar-refractivity contribution in [3.63, 3.8) is 0 Å². The van der Waals surface area contributed by atoms with E-state index in [0.717, 1.165) is 6.26 Å². The molecule has 2 atom stereocenters. The molecule has 4 nitrogen and oxygen atoms in total. The molecule has 0 unspecified atom stereocenters. The molecule has 0 aliphatic carbocycles. The highest BCUT2D eigenvalue weighted by atomic mass is 79.9. The van der Waals surface area contributed by atoms with Crippen LogP contribution in [0.4, 0.5) is 4.39 Å².